The highest BCUT2D eigenvalue weighted by molar-refractivity contribution is 5.66. The minimum Gasteiger partial charge on any atom is -0.481 e. The number of fused-ring (bicyclic) bond motifs is 1. The predicted molar refractivity (Wildman–Crippen MR) is 162 cm³/mol. The number of hydrazine groups is 1. The van der Waals surface area contributed by atoms with E-state index in [2.05, 4.69) is 12.2 Å². The first-order valence-electron chi connectivity index (χ1n) is 14.5. The first-order valence-corrected chi connectivity index (χ1v) is 14.5. The van der Waals surface area contributed by atoms with Crippen LogP contribution in [-0.4, -0.2) is 56.5 Å². The van der Waals surface area contributed by atoms with Gasteiger partial charge in [-0.05, 0) is 69.8 Å². The summed E-state index contributed by atoms with van der Waals surface area (Å²) in [5.74, 6) is 5.32. The molecular formula is C31H48N6O3. The zero-order valence-electron chi connectivity index (χ0n) is 24.5. The maximum Gasteiger partial charge on any atom is 0.303 e. The van der Waals surface area contributed by atoms with E-state index in [1.165, 1.54) is 0 Å². The number of carbonyl (C=O) groups is 1. The minimum absolute atomic E-state index is 0.129. The van der Waals surface area contributed by atoms with Gasteiger partial charge in [-0.1, -0.05) is 57.2 Å². The van der Waals surface area contributed by atoms with Crippen molar-refractivity contribution in [2.24, 2.45) is 17.5 Å². The standard InChI is InChI=1S/C29H42N6O3.C2H6/c1-3-23(35(31)19-20(2)18-30)15-16-32-29(38)22-13-14-24-26(17-22)33-25(11-7-8-12-27(36)37)28(34-24)21-9-5-4-6-10-21;1-2/h4-6,9-10,14,17-18,22-23,29,32,38H,3,7-8,11-13,15-16,19,30-31H2,1-2H3,(H,36,37);1-2H3/b20-18-;. The van der Waals surface area contributed by atoms with Gasteiger partial charge in [0.1, 0.15) is 6.23 Å². The molecule has 0 saturated heterocycles. The molecule has 0 spiro atoms. The third-order valence-corrected chi connectivity index (χ3v) is 6.97. The second-order valence-corrected chi connectivity index (χ2v) is 9.96. The van der Waals surface area contributed by atoms with Crippen molar-refractivity contribution in [2.75, 3.05) is 13.1 Å². The second kappa shape index (κ2) is 17.6. The van der Waals surface area contributed by atoms with Gasteiger partial charge in [-0.25, -0.2) is 15.0 Å². The van der Waals surface area contributed by atoms with Gasteiger partial charge in [-0.3, -0.25) is 16.0 Å². The molecule has 3 atom stereocenters. The third-order valence-electron chi connectivity index (χ3n) is 6.97. The normalized spacial score (nSPS) is 16.2. The van der Waals surface area contributed by atoms with Crippen molar-refractivity contribution >= 4 is 18.1 Å². The van der Waals surface area contributed by atoms with E-state index < -0.39 is 12.2 Å². The Morgan fingerprint density at radius 1 is 1.20 bits per heavy atom. The molecule has 0 aliphatic heterocycles. The molecule has 0 bridgehead atoms. The molecule has 7 N–H and O–H groups in total. The monoisotopic (exact) mass is 552 g/mol. The van der Waals surface area contributed by atoms with E-state index in [0.717, 1.165) is 46.1 Å². The number of aliphatic carboxylic acids is 1. The number of hydrogen-bond donors (Lipinski definition) is 5. The zero-order valence-corrected chi connectivity index (χ0v) is 24.5. The number of carboxylic acid groups (broad SMARTS) is 1. The molecule has 3 rings (SSSR count). The summed E-state index contributed by atoms with van der Waals surface area (Å²) in [7, 11) is 0. The Morgan fingerprint density at radius 3 is 2.58 bits per heavy atom. The van der Waals surface area contributed by atoms with Gasteiger partial charge in [0.2, 0.25) is 0 Å². The van der Waals surface area contributed by atoms with Crippen molar-refractivity contribution in [3.05, 3.63) is 58.5 Å². The van der Waals surface area contributed by atoms with Crippen LogP contribution in [0.2, 0.25) is 0 Å². The molecule has 1 aromatic carbocycles. The summed E-state index contributed by atoms with van der Waals surface area (Å²) in [4.78, 5) is 20.8. The van der Waals surface area contributed by atoms with Crippen LogP contribution in [0.3, 0.4) is 0 Å². The molecule has 1 aromatic heterocycles. The van der Waals surface area contributed by atoms with Crippen LogP contribution in [0.25, 0.3) is 23.4 Å². The summed E-state index contributed by atoms with van der Waals surface area (Å²) in [5.41, 5.74) is 9.27. The SMILES string of the molecule is CC.CCC(CCNC(O)C1C=c2nc(CCCCC(=O)O)c(-c3ccccc3)nc2=CC1)N(N)C/C(C)=C\N. The first kappa shape index (κ1) is 33.1. The van der Waals surface area contributed by atoms with Gasteiger partial charge in [-0.15, -0.1) is 0 Å². The van der Waals surface area contributed by atoms with Gasteiger partial charge in [0.05, 0.1) is 22.1 Å². The van der Waals surface area contributed by atoms with Crippen LogP contribution in [0.15, 0.2) is 42.1 Å². The fourth-order valence-electron chi connectivity index (χ4n) is 4.70. The third kappa shape index (κ3) is 10.1. The van der Waals surface area contributed by atoms with Gasteiger partial charge in [0.25, 0.3) is 0 Å². The van der Waals surface area contributed by atoms with Crippen molar-refractivity contribution in [3.63, 3.8) is 0 Å². The van der Waals surface area contributed by atoms with Crippen molar-refractivity contribution in [1.82, 2.24) is 20.3 Å². The highest BCUT2D eigenvalue weighted by Crippen LogP contribution is 2.20. The lowest BCUT2D eigenvalue weighted by molar-refractivity contribution is -0.137. The molecule has 0 amide bonds. The van der Waals surface area contributed by atoms with Crippen LogP contribution in [0, 0.1) is 5.92 Å². The van der Waals surface area contributed by atoms with E-state index in [9.17, 15) is 9.90 Å². The van der Waals surface area contributed by atoms with Gasteiger partial charge in [0.15, 0.2) is 0 Å². The van der Waals surface area contributed by atoms with Crippen molar-refractivity contribution in [1.29, 1.82) is 0 Å². The minimum atomic E-state index is -0.788. The number of benzene rings is 1. The molecule has 0 fully saturated rings. The first-order chi connectivity index (χ1) is 19.3. The van der Waals surface area contributed by atoms with Crippen LogP contribution in [0.5, 0.6) is 0 Å². The van der Waals surface area contributed by atoms with Crippen LogP contribution in [0.4, 0.5) is 0 Å². The molecule has 2 aromatic rings. The van der Waals surface area contributed by atoms with Crippen LogP contribution in [0.1, 0.15) is 71.9 Å². The molecule has 3 unspecified atom stereocenters. The number of nitrogens with zero attached hydrogens (tertiary/aromatic N) is 3. The Morgan fingerprint density at radius 2 is 1.93 bits per heavy atom. The molecule has 220 valence electrons. The molecule has 1 heterocycles. The van der Waals surface area contributed by atoms with E-state index >= 15 is 0 Å². The highest BCUT2D eigenvalue weighted by Gasteiger charge is 2.21. The molecule has 0 saturated carbocycles. The number of nitrogens with one attached hydrogen (secondary N) is 1. The van der Waals surface area contributed by atoms with Gasteiger partial charge >= 0.3 is 5.97 Å². The predicted octanol–water partition coefficient (Wildman–Crippen LogP) is 2.66. The average Bonchev–Trinajstić information content (AvgIpc) is 2.97. The lowest BCUT2D eigenvalue weighted by Crippen LogP contribution is -2.45. The van der Waals surface area contributed by atoms with Crippen molar-refractivity contribution < 1.29 is 15.0 Å². The Labute approximate surface area is 238 Å². The number of unbranched alkanes of at least 4 members (excludes halogenated alkanes) is 1. The molecule has 40 heavy (non-hydrogen) atoms. The number of rotatable bonds is 15. The number of carboxylic acids is 1. The fraction of sp³-hybridized carbons (Fsp3) is 0.516. The largest absolute Gasteiger partial charge is 0.481 e. The summed E-state index contributed by atoms with van der Waals surface area (Å²) in [6.07, 6.45) is 9.34. The smallest absolute Gasteiger partial charge is 0.303 e. The molecular weight excluding hydrogens is 504 g/mol. The Bertz CT molecular complexity index is 1200. The summed E-state index contributed by atoms with van der Waals surface area (Å²) < 4.78 is 0. The lowest BCUT2D eigenvalue weighted by Gasteiger charge is -2.28. The molecule has 9 nitrogen and oxygen atoms in total. The summed E-state index contributed by atoms with van der Waals surface area (Å²) >= 11 is 0. The second-order valence-electron chi connectivity index (χ2n) is 9.96. The molecule has 0 radical (unpaired) electrons. The summed E-state index contributed by atoms with van der Waals surface area (Å²) in [6.45, 7) is 9.30. The van der Waals surface area contributed by atoms with Crippen LogP contribution in [-0.2, 0) is 11.2 Å². The molecule has 1 aliphatic carbocycles. The van der Waals surface area contributed by atoms with E-state index in [1.54, 1.807) is 11.2 Å². The average molecular weight is 553 g/mol. The lowest BCUT2D eigenvalue weighted by atomic mass is 9.98. The van der Waals surface area contributed by atoms with E-state index in [1.807, 2.05) is 63.3 Å². The maximum atomic E-state index is 10.9. The Hall–Kier alpha value is -3.11. The van der Waals surface area contributed by atoms with Gasteiger partial charge in [-0.2, -0.15) is 0 Å². The summed E-state index contributed by atoms with van der Waals surface area (Å²) in [5, 5.41) is 26.5. The van der Waals surface area contributed by atoms with Crippen LogP contribution < -0.4 is 27.6 Å². The fourth-order valence-corrected chi connectivity index (χ4v) is 4.70. The topological polar surface area (TPSA) is 151 Å². The van der Waals surface area contributed by atoms with E-state index in [0.29, 0.717) is 38.8 Å². The van der Waals surface area contributed by atoms with Gasteiger partial charge < -0.3 is 15.9 Å². The number of aromatic nitrogens is 2. The Kier molecular flexibility index (Phi) is 14.5. The zero-order chi connectivity index (χ0) is 29.5. The number of aliphatic hydroxyl groups excluding tert-OH is 1. The number of hydrogen-bond acceptors (Lipinski definition) is 8. The highest BCUT2D eigenvalue weighted by atomic mass is 16.4. The summed E-state index contributed by atoms with van der Waals surface area (Å²) in [6, 6.07) is 10.1. The molecule has 1 aliphatic rings. The number of nitrogens with two attached hydrogens (primary N) is 2. The number of aryl methyl sites for hydroxylation is 1. The molecule has 9 heteroatoms. The van der Waals surface area contributed by atoms with Gasteiger partial charge in [0, 0.05) is 30.5 Å². The van der Waals surface area contributed by atoms with Crippen LogP contribution >= 0.6 is 0 Å². The van der Waals surface area contributed by atoms with E-state index in [-0.39, 0.29) is 18.4 Å². The Balaban J connectivity index is 0.00000274. The quantitative estimate of drug-likeness (QED) is 0.0972. The van der Waals surface area contributed by atoms with Crippen molar-refractivity contribution in [2.45, 2.75) is 84.9 Å². The van der Waals surface area contributed by atoms with Crippen molar-refractivity contribution in [3.8, 4) is 11.3 Å². The van der Waals surface area contributed by atoms with E-state index in [4.69, 9.17) is 26.7 Å². The number of aliphatic hydroxyl groups is 1. The maximum absolute atomic E-state index is 10.9.